The van der Waals surface area contributed by atoms with Crippen LogP contribution in [0.25, 0.3) is 0 Å². The summed E-state index contributed by atoms with van der Waals surface area (Å²) in [6.45, 7) is 11.2. The van der Waals surface area contributed by atoms with Crippen LogP contribution in [0.1, 0.15) is 50.5 Å². The summed E-state index contributed by atoms with van der Waals surface area (Å²) in [6, 6.07) is -0.581. The van der Waals surface area contributed by atoms with Crippen LogP contribution >= 0.6 is 0 Å². The Balaban J connectivity index is 1.19. The molecule has 344 valence electrons. The topological polar surface area (TPSA) is 290 Å². The molecule has 2 atom stereocenters. The van der Waals surface area contributed by atoms with Crippen LogP contribution in [0.4, 0.5) is 17.8 Å². The summed E-state index contributed by atoms with van der Waals surface area (Å²) >= 11 is 0. The Morgan fingerprint density at radius 1 is 0.857 bits per heavy atom. The quantitative estimate of drug-likeness (QED) is 0.0229. The van der Waals surface area contributed by atoms with Gasteiger partial charge in [-0.15, -0.1) is 16.6 Å². The minimum Gasteiger partial charge on any atom is -0.481 e. The van der Waals surface area contributed by atoms with E-state index >= 15 is 0 Å². The number of piperazine rings is 2. The van der Waals surface area contributed by atoms with E-state index in [-0.39, 0.29) is 49.7 Å². The third-order valence-electron chi connectivity index (χ3n) is 10.6. The molecule has 2 fully saturated rings. The van der Waals surface area contributed by atoms with Gasteiger partial charge in [0.1, 0.15) is 19.2 Å². The highest BCUT2D eigenvalue weighted by Crippen LogP contribution is 2.25. The number of anilines is 3. The number of nitrogens with two attached hydrogens (primary N) is 2. The molecule has 0 saturated carbocycles. The van der Waals surface area contributed by atoms with Gasteiger partial charge in [0, 0.05) is 77.7 Å². The van der Waals surface area contributed by atoms with E-state index < -0.39 is 12.0 Å². The van der Waals surface area contributed by atoms with Crippen molar-refractivity contribution in [1.82, 2.24) is 54.7 Å². The summed E-state index contributed by atoms with van der Waals surface area (Å²) in [6.07, 6.45) is 11.0. The van der Waals surface area contributed by atoms with E-state index in [0.29, 0.717) is 128 Å². The zero-order valence-electron chi connectivity index (χ0n) is 36.3. The van der Waals surface area contributed by atoms with Crippen molar-refractivity contribution in [3.63, 3.8) is 0 Å². The molecule has 5 heterocycles. The van der Waals surface area contributed by atoms with E-state index in [4.69, 9.17) is 52.2 Å². The van der Waals surface area contributed by atoms with Gasteiger partial charge in [0.15, 0.2) is 0 Å². The lowest BCUT2D eigenvalue weighted by Crippen LogP contribution is -2.78. The number of nitrogens with zero attached hydrogens (tertiary/aromatic N) is 13. The van der Waals surface area contributed by atoms with Gasteiger partial charge in [-0.2, -0.15) is 15.0 Å². The summed E-state index contributed by atoms with van der Waals surface area (Å²) in [7, 11) is 0. The highest BCUT2D eigenvalue weighted by Gasteiger charge is 2.34. The van der Waals surface area contributed by atoms with Crippen LogP contribution in [0.3, 0.4) is 0 Å². The van der Waals surface area contributed by atoms with Crippen LogP contribution in [-0.4, -0.2) is 189 Å². The van der Waals surface area contributed by atoms with Gasteiger partial charge in [-0.05, 0) is 18.8 Å². The molecule has 7 N–H and O–H groups in total. The number of nitrogens with one attached hydrogen (secondary N) is 2. The fourth-order valence-electron chi connectivity index (χ4n) is 6.90. The molecule has 2 saturated heterocycles. The number of hydrogen-bond donors (Lipinski definition) is 5. The largest absolute Gasteiger partial charge is 0.481 e. The summed E-state index contributed by atoms with van der Waals surface area (Å²) in [5.41, 5.74) is 12.2. The Hall–Kier alpha value is -6.19. The lowest BCUT2D eigenvalue weighted by Gasteiger charge is -2.38. The van der Waals surface area contributed by atoms with E-state index in [0.717, 1.165) is 18.5 Å². The first kappa shape index (κ1) is 47.9. The lowest BCUT2D eigenvalue weighted by molar-refractivity contribution is -0.459. The fourth-order valence-corrected chi connectivity index (χ4v) is 6.90. The van der Waals surface area contributed by atoms with Gasteiger partial charge in [-0.25, -0.2) is 9.36 Å². The van der Waals surface area contributed by atoms with Crippen LogP contribution in [0.5, 0.6) is 0 Å². The Morgan fingerprint density at radius 2 is 1.48 bits per heavy atom. The molecule has 0 unspecified atom stereocenters. The summed E-state index contributed by atoms with van der Waals surface area (Å²) in [5.74, 6) is 2.81. The van der Waals surface area contributed by atoms with Crippen LogP contribution in [-0.2, 0) is 48.0 Å². The number of terminal acetylenes is 1. The number of guanidine groups is 1. The van der Waals surface area contributed by atoms with Crippen LogP contribution in [0, 0.1) is 18.3 Å². The molecule has 3 aromatic rings. The molecule has 2 aliphatic rings. The molecule has 0 spiro atoms. The lowest BCUT2D eigenvalue weighted by atomic mass is 9.97. The van der Waals surface area contributed by atoms with Crippen molar-refractivity contribution in [3.05, 3.63) is 23.8 Å². The molecule has 0 bridgehead atoms. The number of carbonyl (C=O) groups excluding carboxylic acids is 2. The number of ether oxygens (including phenoxy) is 3. The van der Waals surface area contributed by atoms with E-state index in [1.54, 1.807) is 26.7 Å². The van der Waals surface area contributed by atoms with Crippen molar-refractivity contribution in [2.75, 3.05) is 120 Å². The zero-order chi connectivity index (χ0) is 45.0. The van der Waals surface area contributed by atoms with Gasteiger partial charge in [0.05, 0.1) is 57.4 Å². The molecule has 24 nitrogen and oxygen atoms in total. The Bertz CT molecular complexity index is 1970. The van der Waals surface area contributed by atoms with E-state index in [9.17, 15) is 14.4 Å². The second kappa shape index (κ2) is 25.1. The van der Waals surface area contributed by atoms with Crippen LogP contribution in [0.2, 0.25) is 0 Å². The van der Waals surface area contributed by atoms with Crippen molar-refractivity contribution < 1.29 is 38.7 Å². The second-order valence-electron chi connectivity index (χ2n) is 15.2. The van der Waals surface area contributed by atoms with E-state index in [1.165, 1.54) is 0 Å². The maximum atomic E-state index is 14.0. The number of carboxylic acids is 1. The molecule has 0 aromatic carbocycles. The van der Waals surface area contributed by atoms with Gasteiger partial charge in [-0.3, -0.25) is 30.8 Å². The molecule has 5 rings (SSSR count). The minimum absolute atomic E-state index is 0.0366. The number of rotatable bonds is 26. The first-order valence-electron chi connectivity index (χ1n) is 21.4. The number of hydrogen-bond acceptors (Lipinski definition) is 16. The molecule has 0 radical (unpaired) electrons. The molecular weight excluding hydrogens is 819 g/mol. The van der Waals surface area contributed by atoms with Gasteiger partial charge < -0.3 is 44.2 Å². The molecule has 63 heavy (non-hydrogen) atoms. The average molecular weight is 881 g/mol. The molecule has 2 amide bonds. The Morgan fingerprint density at radius 3 is 2.11 bits per heavy atom. The molecule has 2 aliphatic heterocycles. The number of carboxylic acid groups (broad SMARTS) is 1. The first-order chi connectivity index (χ1) is 30.5. The Labute approximate surface area is 366 Å². The number of amides is 2. The molecule has 0 aliphatic carbocycles. The third-order valence-corrected chi connectivity index (χ3v) is 10.6. The predicted octanol–water partition coefficient (Wildman–Crippen LogP) is -3.26. The molecule has 3 aromatic heterocycles. The van der Waals surface area contributed by atoms with E-state index in [1.807, 2.05) is 28.5 Å². The zero-order valence-corrected chi connectivity index (χ0v) is 36.3. The molecule has 24 heteroatoms. The second-order valence-corrected chi connectivity index (χ2v) is 15.2. The number of carbonyl (C=O) groups is 3. The summed E-state index contributed by atoms with van der Waals surface area (Å²) in [4.78, 5) is 63.5. The smallest absolute Gasteiger partial charge is 0.338 e. The maximum Gasteiger partial charge on any atom is 0.338 e. The number of aromatic nitrogens is 9. The van der Waals surface area contributed by atoms with Crippen LogP contribution in [0.15, 0.2) is 12.4 Å². The predicted molar refractivity (Wildman–Crippen MR) is 229 cm³/mol. The van der Waals surface area contributed by atoms with E-state index in [2.05, 4.69) is 36.9 Å². The van der Waals surface area contributed by atoms with Crippen molar-refractivity contribution in [1.29, 1.82) is 0 Å². The summed E-state index contributed by atoms with van der Waals surface area (Å²) < 4.78 is 19.6. The number of aliphatic carboxylic acids is 1. The summed E-state index contributed by atoms with van der Waals surface area (Å²) in [5, 5.41) is 29.1. The fraction of sp³-hybridized carbons (Fsp3) is 0.667. The van der Waals surface area contributed by atoms with Gasteiger partial charge in [0.25, 0.3) is 0 Å². The van der Waals surface area contributed by atoms with Crippen molar-refractivity contribution >= 4 is 41.6 Å². The Kier molecular flexibility index (Phi) is 19.0. The monoisotopic (exact) mass is 881 g/mol. The number of aryl methyl sites for hydroxylation is 2. The third kappa shape index (κ3) is 15.3. The van der Waals surface area contributed by atoms with Crippen LogP contribution < -0.4 is 31.6 Å². The van der Waals surface area contributed by atoms with Crippen molar-refractivity contribution in [2.45, 2.75) is 58.5 Å². The van der Waals surface area contributed by atoms with Crippen molar-refractivity contribution in [2.24, 2.45) is 17.4 Å². The normalized spacial score (nSPS) is 15.2. The van der Waals surface area contributed by atoms with Crippen molar-refractivity contribution in [3.8, 4) is 12.3 Å². The minimum atomic E-state index is -0.921. The maximum absolute atomic E-state index is 14.0. The molecular formula is C39H62N17O7+. The SMILES string of the molecule is C#CCOCCOCCOCCNc1nc(N2CCN(C(=O)Cn3cc(CCC[NH+]=C(N)N)nn3)CC2)nc(N2CCN(C(=O)[C@H]([C@@H](C)CC)n3cc(CCC(=O)O)nn3)CC2)n1. The highest BCUT2D eigenvalue weighted by atomic mass is 16.5. The van der Waals surface area contributed by atoms with Gasteiger partial charge in [0.2, 0.25) is 29.7 Å². The standard InChI is InChI=1S/C39H61N17O7/c1-4-20-61-22-24-63-25-23-62-21-11-43-37-44-38(53-16-12-51(13-17-53)32(57)28-55-26-30(47-49-55)7-6-10-42-36(40)41)46-39(45-37)54-18-14-52(15-19-54)35(60)34(29(3)5-2)56-27-31(48-50-56)8-9-33(58)59/h1,26-27,29,34H,5-25,28H2,2-3H3,(H,58,59)(H4,40,41,42)(H,43,44,45,46)/p+1/t29-,34-/m0/s1. The van der Waals surface area contributed by atoms with Gasteiger partial charge >= 0.3 is 11.9 Å². The average Bonchev–Trinajstić information content (AvgIpc) is 3.95. The first-order valence-corrected chi connectivity index (χ1v) is 21.4. The highest BCUT2D eigenvalue weighted by molar-refractivity contribution is 5.81. The van der Waals surface area contributed by atoms with Gasteiger partial charge in [-0.1, -0.05) is 36.6 Å².